The summed E-state index contributed by atoms with van der Waals surface area (Å²) in [6.45, 7) is 5.72. The number of nitrogens with one attached hydrogen (secondary N) is 1. The summed E-state index contributed by atoms with van der Waals surface area (Å²) in [7, 11) is 0. The molecule has 82 valence electrons. The summed E-state index contributed by atoms with van der Waals surface area (Å²) in [5, 5.41) is 13.6. The number of piperazine rings is 1. The fraction of sp³-hybridized carbons (Fsp3) is 0.455. The summed E-state index contributed by atoms with van der Waals surface area (Å²) >= 11 is 5.91. The van der Waals surface area contributed by atoms with Gasteiger partial charge in [0.2, 0.25) is 0 Å². The van der Waals surface area contributed by atoms with Gasteiger partial charge in [-0.15, -0.1) is 0 Å². The van der Waals surface area contributed by atoms with Gasteiger partial charge in [-0.2, -0.15) is 0 Å². The van der Waals surface area contributed by atoms with Gasteiger partial charge in [0.05, 0.1) is 10.7 Å². The van der Waals surface area contributed by atoms with Gasteiger partial charge in [-0.1, -0.05) is 17.7 Å². The van der Waals surface area contributed by atoms with Crippen molar-refractivity contribution in [2.75, 3.05) is 31.1 Å². The number of phenols is 1. The highest BCUT2D eigenvalue weighted by Gasteiger charge is 2.17. The molecule has 1 aliphatic heterocycles. The van der Waals surface area contributed by atoms with Crippen LogP contribution >= 0.6 is 11.6 Å². The molecule has 0 spiro atoms. The first-order valence-electron chi connectivity index (χ1n) is 5.14. The van der Waals surface area contributed by atoms with Crippen LogP contribution in [0.5, 0.6) is 5.75 Å². The third kappa shape index (κ3) is 2.03. The Bertz CT molecular complexity index is 362. The summed E-state index contributed by atoms with van der Waals surface area (Å²) in [6, 6.07) is 3.68. The van der Waals surface area contributed by atoms with Gasteiger partial charge in [0, 0.05) is 26.2 Å². The van der Waals surface area contributed by atoms with Gasteiger partial charge in [-0.3, -0.25) is 0 Å². The quantitative estimate of drug-likeness (QED) is 0.766. The number of aryl methyl sites for hydroxylation is 1. The molecule has 1 fully saturated rings. The standard InChI is InChI=1S/C11H15ClN2O/c1-8-2-3-9(12)11(15)10(8)14-6-4-13-5-7-14/h2-3,13,15H,4-7H2,1H3. The summed E-state index contributed by atoms with van der Waals surface area (Å²) < 4.78 is 0. The molecule has 1 heterocycles. The molecule has 0 radical (unpaired) electrons. The number of anilines is 1. The minimum Gasteiger partial charge on any atom is -0.504 e. The number of hydrogen-bond acceptors (Lipinski definition) is 3. The molecule has 0 aliphatic carbocycles. The molecule has 1 saturated heterocycles. The first-order chi connectivity index (χ1) is 7.20. The maximum atomic E-state index is 9.94. The van der Waals surface area contributed by atoms with Crippen LogP contribution in [0, 0.1) is 6.92 Å². The molecule has 0 atom stereocenters. The third-order valence-corrected chi connectivity index (χ3v) is 3.04. The van der Waals surface area contributed by atoms with Crippen LogP contribution in [0.3, 0.4) is 0 Å². The summed E-state index contributed by atoms with van der Waals surface area (Å²) in [6.07, 6.45) is 0. The van der Waals surface area contributed by atoms with Crippen LogP contribution in [0.15, 0.2) is 12.1 Å². The molecule has 1 aromatic rings. The second-order valence-electron chi connectivity index (χ2n) is 3.80. The fourth-order valence-electron chi connectivity index (χ4n) is 1.94. The van der Waals surface area contributed by atoms with Crippen LogP contribution < -0.4 is 10.2 Å². The van der Waals surface area contributed by atoms with E-state index in [4.69, 9.17) is 11.6 Å². The van der Waals surface area contributed by atoms with E-state index in [1.54, 1.807) is 6.07 Å². The van der Waals surface area contributed by atoms with E-state index in [0.717, 1.165) is 37.4 Å². The third-order valence-electron chi connectivity index (χ3n) is 2.74. The van der Waals surface area contributed by atoms with Crippen LogP contribution in [0.4, 0.5) is 5.69 Å². The van der Waals surface area contributed by atoms with Gasteiger partial charge in [0.1, 0.15) is 0 Å². The number of benzene rings is 1. The van der Waals surface area contributed by atoms with E-state index >= 15 is 0 Å². The van der Waals surface area contributed by atoms with Crippen LogP contribution in [0.2, 0.25) is 5.02 Å². The SMILES string of the molecule is Cc1ccc(Cl)c(O)c1N1CCNCC1. The van der Waals surface area contributed by atoms with Crippen LogP contribution in [0.1, 0.15) is 5.56 Å². The monoisotopic (exact) mass is 226 g/mol. The molecule has 3 nitrogen and oxygen atoms in total. The van der Waals surface area contributed by atoms with Crippen LogP contribution in [0.25, 0.3) is 0 Å². The molecule has 15 heavy (non-hydrogen) atoms. The zero-order valence-electron chi connectivity index (χ0n) is 8.76. The molecule has 4 heteroatoms. The van der Waals surface area contributed by atoms with Crippen molar-refractivity contribution >= 4 is 17.3 Å². The molecule has 1 aromatic carbocycles. The van der Waals surface area contributed by atoms with E-state index in [2.05, 4.69) is 10.2 Å². The molecule has 1 aliphatic rings. The van der Waals surface area contributed by atoms with Crippen LogP contribution in [-0.4, -0.2) is 31.3 Å². The smallest absolute Gasteiger partial charge is 0.157 e. The van der Waals surface area contributed by atoms with Crippen molar-refractivity contribution in [2.45, 2.75) is 6.92 Å². The molecular formula is C11H15ClN2O. The topological polar surface area (TPSA) is 35.5 Å². The molecule has 0 aromatic heterocycles. The van der Waals surface area contributed by atoms with Crippen molar-refractivity contribution in [3.05, 3.63) is 22.7 Å². The number of aromatic hydroxyl groups is 1. The lowest BCUT2D eigenvalue weighted by Crippen LogP contribution is -2.43. The molecule has 0 unspecified atom stereocenters. The van der Waals surface area contributed by atoms with E-state index < -0.39 is 0 Å². The first kappa shape index (κ1) is 10.6. The Morgan fingerprint density at radius 2 is 2.00 bits per heavy atom. The minimum absolute atomic E-state index is 0.207. The average Bonchev–Trinajstić information content (AvgIpc) is 2.26. The van der Waals surface area contributed by atoms with E-state index in [9.17, 15) is 5.11 Å². The summed E-state index contributed by atoms with van der Waals surface area (Å²) in [5.74, 6) is 0.207. The highest BCUT2D eigenvalue weighted by molar-refractivity contribution is 6.32. The Morgan fingerprint density at radius 3 is 2.67 bits per heavy atom. The highest BCUT2D eigenvalue weighted by atomic mass is 35.5. The van der Waals surface area contributed by atoms with Crippen LogP contribution in [-0.2, 0) is 0 Å². The second-order valence-corrected chi connectivity index (χ2v) is 4.21. The molecule has 2 N–H and O–H groups in total. The van der Waals surface area contributed by atoms with Crippen molar-refractivity contribution in [1.82, 2.24) is 5.32 Å². The van der Waals surface area contributed by atoms with Gasteiger partial charge in [-0.05, 0) is 18.6 Å². The number of phenolic OH excluding ortho intramolecular Hbond substituents is 1. The average molecular weight is 227 g/mol. The fourth-order valence-corrected chi connectivity index (χ4v) is 2.10. The van der Waals surface area contributed by atoms with Crippen molar-refractivity contribution in [2.24, 2.45) is 0 Å². The van der Waals surface area contributed by atoms with Crippen molar-refractivity contribution in [3.8, 4) is 5.75 Å². The lowest BCUT2D eigenvalue weighted by atomic mass is 10.1. The van der Waals surface area contributed by atoms with Crippen molar-refractivity contribution < 1.29 is 5.11 Å². The van der Waals surface area contributed by atoms with Gasteiger partial charge >= 0.3 is 0 Å². The van der Waals surface area contributed by atoms with Gasteiger partial charge in [-0.25, -0.2) is 0 Å². The Kier molecular flexibility index (Phi) is 3.03. The summed E-state index contributed by atoms with van der Waals surface area (Å²) in [5.41, 5.74) is 1.95. The van der Waals surface area contributed by atoms with E-state index in [0.29, 0.717) is 5.02 Å². The zero-order valence-corrected chi connectivity index (χ0v) is 9.51. The molecule has 0 bridgehead atoms. The Balaban J connectivity index is 2.36. The van der Waals surface area contributed by atoms with Crippen molar-refractivity contribution in [1.29, 1.82) is 0 Å². The van der Waals surface area contributed by atoms with E-state index in [1.165, 1.54) is 0 Å². The largest absolute Gasteiger partial charge is 0.504 e. The Hall–Kier alpha value is -0.930. The predicted octanol–water partition coefficient (Wildman–Crippen LogP) is 1.76. The predicted molar refractivity (Wildman–Crippen MR) is 62.9 cm³/mol. The van der Waals surface area contributed by atoms with E-state index in [-0.39, 0.29) is 5.75 Å². The van der Waals surface area contributed by atoms with Gasteiger partial charge < -0.3 is 15.3 Å². The molecular weight excluding hydrogens is 212 g/mol. The number of nitrogens with zero attached hydrogens (tertiary/aromatic N) is 1. The second kappa shape index (κ2) is 4.29. The lowest BCUT2D eigenvalue weighted by Gasteiger charge is -2.31. The first-order valence-corrected chi connectivity index (χ1v) is 5.51. The Morgan fingerprint density at radius 1 is 1.33 bits per heavy atom. The maximum absolute atomic E-state index is 9.94. The molecule has 0 saturated carbocycles. The van der Waals surface area contributed by atoms with Crippen molar-refractivity contribution in [3.63, 3.8) is 0 Å². The number of halogens is 1. The number of hydrogen-bond donors (Lipinski definition) is 2. The van der Waals surface area contributed by atoms with Gasteiger partial charge in [0.15, 0.2) is 5.75 Å². The highest BCUT2D eigenvalue weighted by Crippen LogP contribution is 2.37. The molecule has 2 rings (SSSR count). The Labute approximate surface area is 94.7 Å². The van der Waals surface area contributed by atoms with Gasteiger partial charge in [0.25, 0.3) is 0 Å². The molecule has 0 amide bonds. The summed E-state index contributed by atoms with van der Waals surface area (Å²) in [4.78, 5) is 2.17. The zero-order chi connectivity index (χ0) is 10.8. The minimum atomic E-state index is 0.207. The van der Waals surface area contributed by atoms with E-state index in [1.807, 2.05) is 13.0 Å². The number of rotatable bonds is 1. The maximum Gasteiger partial charge on any atom is 0.157 e. The lowest BCUT2D eigenvalue weighted by molar-refractivity contribution is 0.470. The normalized spacial score (nSPS) is 16.8.